The molecule has 1 aliphatic heterocycles. The zero-order chi connectivity index (χ0) is 13.2. The molecular weight excluding hydrogens is 226 g/mol. The maximum absolute atomic E-state index is 2.33. The minimum absolute atomic E-state index is 0.176. The van der Waals surface area contributed by atoms with Gasteiger partial charge in [-0.15, -0.1) is 11.8 Å². The van der Waals surface area contributed by atoms with E-state index in [1.165, 1.54) is 21.9 Å². The van der Waals surface area contributed by atoms with E-state index in [1.54, 1.807) is 0 Å². The SMILES string of the molecule is CC.CSc1ccc2c(c1)C(C)(C)C(C)=[N+]2C. The number of fused-ring (bicyclic) bond motifs is 1. The Balaban J connectivity index is 0.000000686. The maximum Gasteiger partial charge on any atom is 0.209 e. The van der Waals surface area contributed by atoms with Crippen molar-refractivity contribution in [2.45, 2.75) is 44.9 Å². The molecule has 0 saturated carbocycles. The van der Waals surface area contributed by atoms with Crippen molar-refractivity contribution >= 4 is 23.2 Å². The van der Waals surface area contributed by atoms with Gasteiger partial charge in [-0.3, -0.25) is 0 Å². The van der Waals surface area contributed by atoms with Gasteiger partial charge >= 0.3 is 0 Å². The van der Waals surface area contributed by atoms with Gasteiger partial charge in [-0.05, 0) is 32.2 Å². The average Bonchev–Trinajstić information content (AvgIpc) is 2.53. The number of thioether (sulfide) groups is 1. The van der Waals surface area contributed by atoms with E-state index < -0.39 is 0 Å². The zero-order valence-corrected chi connectivity index (χ0v) is 12.9. The first-order valence-electron chi connectivity index (χ1n) is 6.24. The van der Waals surface area contributed by atoms with Crippen molar-refractivity contribution in [3.05, 3.63) is 23.8 Å². The Labute approximate surface area is 110 Å². The Morgan fingerprint density at radius 3 is 2.29 bits per heavy atom. The van der Waals surface area contributed by atoms with E-state index in [-0.39, 0.29) is 5.41 Å². The molecule has 1 aliphatic rings. The summed E-state index contributed by atoms with van der Waals surface area (Å²) in [4.78, 5) is 1.35. The van der Waals surface area contributed by atoms with E-state index in [0.717, 1.165) is 0 Å². The summed E-state index contributed by atoms with van der Waals surface area (Å²) in [6, 6.07) is 6.76. The maximum atomic E-state index is 2.33. The lowest BCUT2D eigenvalue weighted by atomic mass is 9.82. The lowest BCUT2D eigenvalue weighted by Crippen LogP contribution is -2.25. The van der Waals surface area contributed by atoms with Crippen LogP contribution in [0.15, 0.2) is 23.1 Å². The molecule has 0 aromatic heterocycles. The summed E-state index contributed by atoms with van der Waals surface area (Å²) in [5, 5.41) is 0. The number of rotatable bonds is 1. The van der Waals surface area contributed by atoms with Crippen LogP contribution in [0.4, 0.5) is 5.69 Å². The first-order chi connectivity index (χ1) is 7.98. The molecule has 0 atom stereocenters. The fourth-order valence-corrected chi connectivity index (χ4v) is 2.67. The van der Waals surface area contributed by atoms with E-state index in [2.05, 4.69) is 56.8 Å². The highest BCUT2D eigenvalue weighted by atomic mass is 32.2. The molecule has 94 valence electrons. The van der Waals surface area contributed by atoms with Crippen LogP contribution < -0.4 is 0 Å². The summed E-state index contributed by atoms with van der Waals surface area (Å²) in [6.07, 6.45) is 2.13. The Hall–Kier alpha value is -0.760. The molecule has 0 radical (unpaired) electrons. The van der Waals surface area contributed by atoms with Crippen LogP contribution in [0.2, 0.25) is 0 Å². The molecule has 0 saturated heterocycles. The molecular formula is C15H24NS+. The van der Waals surface area contributed by atoms with Gasteiger partial charge in [0.25, 0.3) is 0 Å². The van der Waals surface area contributed by atoms with Crippen molar-refractivity contribution in [2.24, 2.45) is 0 Å². The van der Waals surface area contributed by atoms with Crippen LogP contribution in [0.5, 0.6) is 0 Å². The Kier molecular flexibility index (Phi) is 4.42. The predicted molar refractivity (Wildman–Crippen MR) is 79.1 cm³/mol. The topological polar surface area (TPSA) is 3.01 Å². The minimum atomic E-state index is 0.176. The van der Waals surface area contributed by atoms with Crippen molar-refractivity contribution in [3.8, 4) is 0 Å². The number of hydrogen-bond donors (Lipinski definition) is 0. The summed E-state index contributed by atoms with van der Waals surface area (Å²) in [5.74, 6) is 0. The van der Waals surface area contributed by atoms with Crippen molar-refractivity contribution in [1.82, 2.24) is 0 Å². The van der Waals surface area contributed by atoms with Crippen molar-refractivity contribution in [2.75, 3.05) is 13.3 Å². The van der Waals surface area contributed by atoms with Crippen LogP contribution >= 0.6 is 11.8 Å². The summed E-state index contributed by atoms with van der Waals surface area (Å²) in [6.45, 7) is 10.8. The van der Waals surface area contributed by atoms with Gasteiger partial charge in [-0.2, -0.15) is 0 Å². The molecule has 1 heterocycles. The van der Waals surface area contributed by atoms with Crippen LogP contribution in [0, 0.1) is 0 Å². The monoisotopic (exact) mass is 250 g/mol. The molecule has 0 bridgehead atoms. The Morgan fingerprint density at radius 2 is 1.76 bits per heavy atom. The molecule has 1 aromatic carbocycles. The van der Waals surface area contributed by atoms with E-state index in [4.69, 9.17) is 0 Å². The lowest BCUT2D eigenvalue weighted by molar-refractivity contribution is -0.403. The fraction of sp³-hybridized carbons (Fsp3) is 0.533. The fourth-order valence-electron chi connectivity index (χ4n) is 2.23. The third kappa shape index (κ3) is 2.28. The highest BCUT2D eigenvalue weighted by Crippen LogP contribution is 2.40. The van der Waals surface area contributed by atoms with Crippen LogP contribution in [-0.2, 0) is 5.41 Å². The van der Waals surface area contributed by atoms with Gasteiger partial charge in [-0.25, -0.2) is 4.58 Å². The predicted octanol–water partition coefficient (Wildman–Crippen LogP) is 4.46. The molecule has 0 aliphatic carbocycles. The van der Waals surface area contributed by atoms with E-state index in [0.29, 0.717) is 0 Å². The molecule has 2 heteroatoms. The van der Waals surface area contributed by atoms with Crippen LogP contribution in [0.3, 0.4) is 0 Å². The molecule has 1 nitrogen and oxygen atoms in total. The summed E-state index contributed by atoms with van der Waals surface area (Å²) in [7, 11) is 2.15. The first-order valence-corrected chi connectivity index (χ1v) is 7.47. The molecule has 0 fully saturated rings. The van der Waals surface area contributed by atoms with E-state index in [9.17, 15) is 0 Å². The summed E-state index contributed by atoms with van der Waals surface area (Å²) in [5.41, 5.74) is 4.41. The smallest absolute Gasteiger partial charge is 0.202 e. The molecule has 0 N–H and O–H groups in total. The van der Waals surface area contributed by atoms with Gasteiger partial charge in [0.05, 0.1) is 5.41 Å². The average molecular weight is 250 g/mol. The van der Waals surface area contributed by atoms with Gasteiger partial charge in [0.2, 0.25) is 5.69 Å². The standard InChI is InChI=1S/C13H18NS.C2H6/c1-9-13(2,3)11-8-10(15-5)6-7-12(11)14(9)4;1-2/h6-8H,1-5H3;1-2H3/q+1;. The Bertz CT molecular complexity index is 444. The highest BCUT2D eigenvalue weighted by Gasteiger charge is 2.41. The molecule has 0 amide bonds. The first kappa shape index (κ1) is 14.3. The van der Waals surface area contributed by atoms with Crippen LogP contribution in [0.25, 0.3) is 0 Å². The van der Waals surface area contributed by atoms with Gasteiger partial charge in [0.1, 0.15) is 7.05 Å². The molecule has 1 aromatic rings. The second-order valence-electron chi connectivity index (χ2n) is 4.65. The quantitative estimate of drug-likeness (QED) is 0.525. The highest BCUT2D eigenvalue weighted by molar-refractivity contribution is 7.98. The van der Waals surface area contributed by atoms with Gasteiger partial charge < -0.3 is 0 Å². The molecule has 0 unspecified atom stereocenters. The van der Waals surface area contributed by atoms with Crippen molar-refractivity contribution in [3.63, 3.8) is 0 Å². The second-order valence-corrected chi connectivity index (χ2v) is 5.53. The van der Waals surface area contributed by atoms with Gasteiger partial charge in [0, 0.05) is 23.4 Å². The van der Waals surface area contributed by atoms with Crippen LogP contribution in [0.1, 0.15) is 40.2 Å². The number of hydrogen-bond acceptors (Lipinski definition) is 1. The number of benzene rings is 1. The Morgan fingerprint density at radius 1 is 1.18 bits per heavy atom. The molecule has 0 spiro atoms. The third-order valence-corrected chi connectivity index (χ3v) is 4.37. The van der Waals surface area contributed by atoms with Gasteiger partial charge in [-0.1, -0.05) is 13.8 Å². The zero-order valence-electron chi connectivity index (χ0n) is 12.1. The minimum Gasteiger partial charge on any atom is -0.202 e. The van der Waals surface area contributed by atoms with Crippen molar-refractivity contribution < 1.29 is 4.58 Å². The van der Waals surface area contributed by atoms with Crippen molar-refractivity contribution in [1.29, 1.82) is 0 Å². The van der Waals surface area contributed by atoms with Gasteiger partial charge in [0.15, 0.2) is 5.71 Å². The molecule has 17 heavy (non-hydrogen) atoms. The molecule has 2 rings (SSSR count). The normalized spacial score (nSPS) is 16.4. The summed E-state index contributed by atoms with van der Waals surface area (Å²) >= 11 is 1.81. The van der Waals surface area contributed by atoms with E-state index in [1.807, 2.05) is 25.6 Å². The summed E-state index contributed by atoms with van der Waals surface area (Å²) < 4.78 is 2.30. The lowest BCUT2D eigenvalue weighted by Gasteiger charge is -2.15. The number of nitrogens with zero attached hydrogens (tertiary/aromatic N) is 1. The largest absolute Gasteiger partial charge is 0.209 e. The third-order valence-electron chi connectivity index (χ3n) is 3.65. The van der Waals surface area contributed by atoms with Crippen LogP contribution in [-0.4, -0.2) is 23.6 Å². The van der Waals surface area contributed by atoms with E-state index >= 15 is 0 Å². The second kappa shape index (κ2) is 5.26.